The van der Waals surface area contributed by atoms with Gasteiger partial charge in [-0.05, 0) is 43.5 Å². The van der Waals surface area contributed by atoms with Crippen LogP contribution in [0.3, 0.4) is 0 Å². The molecule has 0 fully saturated rings. The summed E-state index contributed by atoms with van der Waals surface area (Å²) < 4.78 is 5.47. The van der Waals surface area contributed by atoms with Crippen LogP contribution in [0.4, 0.5) is 0 Å². The van der Waals surface area contributed by atoms with Crippen LogP contribution in [0.25, 0.3) is 11.0 Å². The zero-order valence-corrected chi connectivity index (χ0v) is 24.1. The molecule has 0 spiro atoms. The van der Waals surface area contributed by atoms with Crippen molar-refractivity contribution in [1.82, 2.24) is 0 Å². The lowest BCUT2D eigenvalue weighted by molar-refractivity contribution is 0.0663. The molecule has 0 saturated heterocycles. The van der Waals surface area contributed by atoms with E-state index < -0.39 is 17.5 Å². The molecule has 2 aromatic carbocycles. The number of unbranched alkanes of at least 4 members (excludes halogenated alkanes) is 11. The molecule has 1 heterocycles. The van der Waals surface area contributed by atoms with Crippen molar-refractivity contribution in [2.75, 3.05) is 0 Å². The first kappa shape index (κ1) is 30.7. The molecule has 0 unspecified atom stereocenters. The normalized spacial score (nSPS) is 12.6. The smallest absolute Gasteiger partial charge is 0.371 e. The van der Waals surface area contributed by atoms with E-state index in [1.54, 1.807) is 12.1 Å². The number of aryl methyl sites for hydroxylation is 1. The molecule has 0 aliphatic heterocycles. The van der Waals surface area contributed by atoms with Gasteiger partial charge in [0.1, 0.15) is 11.7 Å². The SMILES string of the molecule is CCCCCCCCCCCCCC=C(Sc1ccc2c(=O)cc(C(=O)O)oc2c1)[C@@H](O)c1ccc(C)cc1. The monoisotopic (exact) mass is 550 g/mol. The fraction of sp³-hybridized carbons (Fsp3) is 0.455. The number of carboxylic acids is 1. The quantitative estimate of drug-likeness (QED) is 0.129. The number of aliphatic hydroxyl groups is 1. The Morgan fingerprint density at radius 1 is 0.897 bits per heavy atom. The Hall–Kier alpha value is -2.83. The van der Waals surface area contributed by atoms with Gasteiger partial charge in [-0.2, -0.15) is 0 Å². The second-order valence-electron chi connectivity index (χ2n) is 10.3. The Labute approximate surface area is 236 Å². The first-order chi connectivity index (χ1) is 18.9. The van der Waals surface area contributed by atoms with E-state index in [9.17, 15) is 19.8 Å². The first-order valence-electron chi connectivity index (χ1n) is 14.3. The summed E-state index contributed by atoms with van der Waals surface area (Å²) in [5.41, 5.74) is 1.78. The van der Waals surface area contributed by atoms with Crippen LogP contribution in [0, 0.1) is 6.92 Å². The average Bonchev–Trinajstić information content (AvgIpc) is 2.92. The molecule has 0 aliphatic rings. The molecule has 2 N–H and O–H groups in total. The summed E-state index contributed by atoms with van der Waals surface area (Å²) in [6.07, 6.45) is 16.4. The highest BCUT2D eigenvalue weighted by atomic mass is 32.2. The molecule has 1 aromatic heterocycles. The number of aliphatic hydroxyl groups excluding tert-OH is 1. The van der Waals surface area contributed by atoms with Gasteiger partial charge >= 0.3 is 5.97 Å². The molecule has 5 nitrogen and oxygen atoms in total. The van der Waals surface area contributed by atoms with Gasteiger partial charge in [-0.3, -0.25) is 4.79 Å². The van der Waals surface area contributed by atoms with Gasteiger partial charge < -0.3 is 14.6 Å². The van der Waals surface area contributed by atoms with E-state index in [-0.39, 0.29) is 11.3 Å². The average molecular weight is 551 g/mol. The van der Waals surface area contributed by atoms with Crippen molar-refractivity contribution in [3.05, 3.63) is 86.6 Å². The van der Waals surface area contributed by atoms with Crippen LogP contribution in [0.15, 0.2) is 73.6 Å². The predicted molar refractivity (Wildman–Crippen MR) is 161 cm³/mol. The van der Waals surface area contributed by atoms with E-state index >= 15 is 0 Å². The van der Waals surface area contributed by atoms with Crippen LogP contribution in [-0.4, -0.2) is 16.2 Å². The van der Waals surface area contributed by atoms with Crippen molar-refractivity contribution >= 4 is 28.7 Å². The van der Waals surface area contributed by atoms with Gasteiger partial charge in [-0.25, -0.2) is 4.79 Å². The number of thioether (sulfide) groups is 1. The minimum absolute atomic E-state index is 0.222. The minimum atomic E-state index is -1.28. The lowest BCUT2D eigenvalue weighted by Gasteiger charge is -2.16. The third-order valence-corrected chi connectivity index (χ3v) is 8.08. The lowest BCUT2D eigenvalue weighted by Crippen LogP contribution is -2.06. The fourth-order valence-electron chi connectivity index (χ4n) is 4.62. The van der Waals surface area contributed by atoms with Crippen LogP contribution in [0.1, 0.15) is 112 Å². The summed E-state index contributed by atoms with van der Waals surface area (Å²) >= 11 is 1.42. The standard InChI is InChI=1S/C33H42O5S/c1-3-4-5-6-7-8-9-10-11-12-13-14-15-31(32(35)25-18-16-24(2)17-19-25)39-26-20-21-27-28(34)23-30(33(36)37)38-29(27)22-26/h15-23,32,35H,3-14H2,1-2H3,(H,36,37)/t32-/m0/s1. The summed E-state index contributed by atoms with van der Waals surface area (Å²) in [5.74, 6) is -1.67. The number of rotatable bonds is 17. The van der Waals surface area contributed by atoms with E-state index in [0.29, 0.717) is 5.39 Å². The van der Waals surface area contributed by atoms with E-state index in [1.165, 1.54) is 76.0 Å². The van der Waals surface area contributed by atoms with E-state index in [4.69, 9.17) is 4.42 Å². The molecule has 3 rings (SSSR count). The highest BCUT2D eigenvalue weighted by Crippen LogP contribution is 2.37. The van der Waals surface area contributed by atoms with E-state index in [0.717, 1.165) is 39.8 Å². The Kier molecular flexibility index (Phi) is 12.8. The van der Waals surface area contributed by atoms with Crippen molar-refractivity contribution in [2.24, 2.45) is 0 Å². The van der Waals surface area contributed by atoms with Crippen LogP contribution in [-0.2, 0) is 0 Å². The van der Waals surface area contributed by atoms with Crippen molar-refractivity contribution < 1.29 is 19.4 Å². The Bertz CT molecular complexity index is 1280. The zero-order chi connectivity index (χ0) is 28.0. The summed E-state index contributed by atoms with van der Waals surface area (Å²) in [7, 11) is 0. The number of hydrogen-bond donors (Lipinski definition) is 2. The Morgan fingerprint density at radius 2 is 1.51 bits per heavy atom. The number of benzene rings is 2. The molecule has 6 heteroatoms. The molecule has 39 heavy (non-hydrogen) atoms. The molecule has 0 radical (unpaired) electrons. The molecule has 0 aliphatic carbocycles. The van der Waals surface area contributed by atoms with Crippen molar-refractivity contribution in [2.45, 2.75) is 102 Å². The number of allylic oxidation sites excluding steroid dienone is 1. The number of fused-ring (bicyclic) bond motifs is 1. The molecule has 0 amide bonds. The van der Waals surface area contributed by atoms with Crippen LogP contribution in [0.2, 0.25) is 0 Å². The molecular weight excluding hydrogens is 508 g/mol. The lowest BCUT2D eigenvalue weighted by atomic mass is 10.0. The van der Waals surface area contributed by atoms with E-state index in [2.05, 4.69) is 13.0 Å². The number of aromatic carboxylic acids is 1. The number of carbonyl (C=O) groups is 1. The van der Waals surface area contributed by atoms with Crippen molar-refractivity contribution in [3.8, 4) is 0 Å². The topological polar surface area (TPSA) is 87.7 Å². The molecule has 0 saturated carbocycles. The van der Waals surface area contributed by atoms with Crippen LogP contribution >= 0.6 is 11.8 Å². The zero-order valence-electron chi connectivity index (χ0n) is 23.3. The second-order valence-corrected chi connectivity index (χ2v) is 11.4. The summed E-state index contributed by atoms with van der Waals surface area (Å²) in [6.45, 7) is 4.27. The molecule has 210 valence electrons. The predicted octanol–water partition coefficient (Wildman–Crippen LogP) is 9.21. The Balaban J connectivity index is 1.63. The molecule has 1 atom stereocenters. The largest absolute Gasteiger partial charge is 0.475 e. The van der Waals surface area contributed by atoms with Gasteiger partial charge in [0.2, 0.25) is 5.76 Å². The van der Waals surface area contributed by atoms with Gasteiger partial charge in [-0.15, -0.1) is 0 Å². The van der Waals surface area contributed by atoms with Gasteiger partial charge in [-0.1, -0.05) is 119 Å². The van der Waals surface area contributed by atoms with Gasteiger partial charge in [0.05, 0.1) is 5.39 Å². The summed E-state index contributed by atoms with van der Waals surface area (Å²) in [5, 5.41) is 20.8. The minimum Gasteiger partial charge on any atom is -0.475 e. The summed E-state index contributed by atoms with van der Waals surface area (Å²) in [6, 6.07) is 14.0. The molecule has 0 bridgehead atoms. The maximum atomic E-state index is 12.3. The van der Waals surface area contributed by atoms with Gasteiger partial charge in [0.25, 0.3) is 0 Å². The molecular formula is C33H42O5S. The van der Waals surface area contributed by atoms with Crippen LogP contribution in [0.5, 0.6) is 0 Å². The highest BCUT2D eigenvalue weighted by molar-refractivity contribution is 8.03. The summed E-state index contributed by atoms with van der Waals surface area (Å²) in [4.78, 5) is 25.2. The second kappa shape index (κ2) is 16.3. The fourth-order valence-corrected chi connectivity index (χ4v) is 5.64. The van der Waals surface area contributed by atoms with Crippen molar-refractivity contribution in [3.63, 3.8) is 0 Å². The van der Waals surface area contributed by atoms with Crippen molar-refractivity contribution in [1.29, 1.82) is 0 Å². The number of hydrogen-bond acceptors (Lipinski definition) is 5. The van der Waals surface area contributed by atoms with E-state index in [1.807, 2.05) is 37.3 Å². The molecule has 3 aromatic rings. The Morgan fingerprint density at radius 3 is 2.13 bits per heavy atom. The maximum absolute atomic E-state index is 12.3. The van der Waals surface area contributed by atoms with Gasteiger partial charge in [0.15, 0.2) is 5.43 Å². The first-order valence-corrected chi connectivity index (χ1v) is 15.1. The number of carboxylic acid groups (broad SMARTS) is 1. The highest BCUT2D eigenvalue weighted by Gasteiger charge is 2.17. The third kappa shape index (κ3) is 10.0. The van der Waals surface area contributed by atoms with Crippen LogP contribution < -0.4 is 5.43 Å². The van der Waals surface area contributed by atoms with Gasteiger partial charge in [0, 0.05) is 15.9 Å². The maximum Gasteiger partial charge on any atom is 0.371 e. The third-order valence-electron chi connectivity index (χ3n) is 6.96.